The van der Waals surface area contributed by atoms with Crippen molar-refractivity contribution in [2.75, 3.05) is 0 Å². The zero-order valence-electron chi connectivity index (χ0n) is 34.6. The van der Waals surface area contributed by atoms with Crippen molar-refractivity contribution in [3.8, 4) is 55.6 Å². The van der Waals surface area contributed by atoms with Gasteiger partial charge in [-0.2, -0.15) is 0 Å². The zero-order valence-corrected chi connectivity index (χ0v) is 34.6. The van der Waals surface area contributed by atoms with E-state index in [1.807, 2.05) is 0 Å². The zero-order chi connectivity index (χ0) is 41.1. The van der Waals surface area contributed by atoms with Crippen LogP contribution in [0.2, 0.25) is 0 Å². The summed E-state index contributed by atoms with van der Waals surface area (Å²) in [4.78, 5) is 0. The molecule has 0 aromatic heterocycles. The van der Waals surface area contributed by atoms with E-state index in [-0.39, 0.29) is 0 Å². The molecule has 0 heteroatoms. The molecule has 62 heavy (non-hydrogen) atoms. The molecule has 2 aliphatic rings. The topological polar surface area (TPSA) is 0 Å². The molecule has 0 bridgehead atoms. The maximum absolute atomic E-state index is 2.48. The summed E-state index contributed by atoms with van der Waals surface area (Å²) >= 11 is 0. The number of rotatable bonds is 5. The van der Waals surface area contributed by atoms with E-state index in [1.165, 1.54) is 141 Å². The minimum atomic E-state index is 1.24. The summed E-state index contributed by atoms with van der Waals surface area (Å²) in [5.74, 6) is 0. The van der Waals surface area contributed by atoms with Gasteiger partial charge in [0.25, 0.3) is 0 Å². The van der Waals surface area contributed by atoms with Crippen LogP contribution >= 0.6 is 0 Å². The Morgan fingerprint density at radius 2 is 0.548 bits per heavy atom. The van der Waals surface area contributed by atoms with Gasteiger partial charge in [-0.1, -0.05) is 200 Å². The van der Waals surface area contributed by atoms with Crippen molar-refractivity contribution in [3.63, 3.8) is 0 Å². The normalized spacial score (nSPS) is 12.0. The first-order chi connectivity index (χ1) is 30.7. The van der Waals surface area contributed by atoms with Gasteiger partial charge in [-0.15, -0.1) is 0 Å². The Balaban J connectivity index is 1.33. The second kappa shape index (κ2) is 13.4. The van der Waals surface area contributed by atoms with E-state index in [4.69, 9.17) is 0 Å². The molecule has 0 saturated carbocycles. The Hall–Kier alpha value is -7.80. The van der Waals surface area contributed by atoms with Gasteiger partial charge in [-0.25, -0.2) is 0 Å². The molecule has 0 atom stereocenters. The lowest BCUT2D eigenvalue weighted by Crippen LogP contribution is -1.94. The summed E-state index contributed by atoms with van der Waals surface area (Å²) in [6, 6.07) is 77.1. The fraction of sp³-hybridized carbons (Fsp3) is 0.0323. The molecule has 0 saturated heterocycles. The number of fused-ring (bicyclic) bond motifs is 4. The van der Waals surface area contributed by atoms with Gasteiger partial charge in [0.2, 0.25) is 0 Å². The molecule has 0 spiro atoms. The Morgan fingerprint density at radius 1 is 0.226 bits per heavy atom. The molecule has 0 unspecified atom stereocenters. The fourth-order valence-corrected chi connectivity index (χ4v) is 11.4. The van der Waals surface area contributed by atoms with Crippen molar-refractivity contribution in [1.82, 2.24) is 0 Å². The maximum atomic E-state index is 2.48. The second-order valence-electron chi connectivity index (χ2n) is 17.1. The first-order valence-electron chi connectivity index (χ1n) is 21.8. The second-order valence-corrected chi connectivity index (χ2v) is 17.1. The Bertz CT molecular complexity index is 4000. The van der Waals surface area contributed by atoms with E-state index < -0.39 is 0 Å². The predicted molar refractivity (Wildman–Crippen MR) is 259 cm³/mol. The third kappa shape index (κ3) is 4.84. The first-order valence-corrected chi connectivity index (χ1v) is 21.8. The molecular formula is C62H40. The van der Waals surface area contributed by atoms with Gasteiger partial charge in [0, 0.05) is 0 Å². The quantitative estimate of drug-likeness (QED) is 0.163. The Kier molecular flexibility index (Phi) is 7.54. The monoisotopic (exact) mass is 784 g/mol. The van der Waals surface area contributed by atoms with Gasteiger partial charge in [0.05, 0.1) is 0 Å². The number of hydrogen-bond acceptors (Lipinski definition) is 0. The average molecular weight is 785 g/mol. The van der Waals surface area contributed by atoms with Gasteiger partial charge >= 0.3 is 0 Å². The van der Waals surface area contributed by atoms with Gasteiger partial charge in [0.1, 0.15) is 0 Å². The summed E-state index contributed by atoms with van der Waals surface area (Å²) in [7, 11) is 0. The van der Waals surface area contributed by atoms with Crippen molar-refractivity contribution in [1.29, 1.82) is 0 Å². The molecule has 0 radical (unpaired) electrons. The molecule has 11 aromatic rings. The van der Waals surface area contributed by atoms with Crippen LogP contribution in [-0.2, 0) is 0 Å². The Labute approximate surface area is 359 Å². The van der Waals surface area contributed by atoms with Crippen molar-refractivity contribution in [2.45, 2.75) is 13.8 Å². The third-order valence-electron chi connectivity index (χ3n) is 13.8. The van der Waals surface area contributed by atoms with E-state index in [9.17, 15) is 0 Å². The largest absolute Gasteiger partial charge is 0.0622 e. The lowest BCUT2D eigenvalue weighted by molar-refractivity contribution is 1.38. The van der Waals surface area contributed by atoms with E-state index in [0.717, 1.165) is 0 Å². The summed E-state index contributed by atoms with van der Waals surface area (Å²) in [5.41, 5.74) is 15.3. The molecular weight excluding hydrogens is 745 g/mol. The first kappa shape index (κ1) is 35.0. The highest BCUT2D eigenvalue weighted by molar-refractivity contribution is 6.10. The minimum absolute atomic E-state index is 1.24. The molecule has 13 rings (SSSR count). The standard InChI is InChI=1S/C62H40/c1-37-18-17-19-38(2)52(37)43-30-31-46-51(36-43)56(42-26-13-6-14-27-42)62-50-35-34-48-57-47(32-33-49(58(50)57)61(62)55(46)41-24-11-5-12-25-41)59-53(39-20-7-3-8-21-39)44-28-15-16-29-45(44)54(60(48)59)40-22-9-4-10-23-40/h3-36H,1-2H3. The van der Waals surface area contributed by atoms with Crippen LogP contribution < -0.4 is 0 Å². The molecule has 0 nitrogen and oxygen atoms in total. The lowest BCUT2D eigenvalue weighted by atomic mass is 9.86. The highest BCUT2D eigenvalue weighted by Crippen LogP contribution is 2.46. The summed E-state index contributed by atoms with van der Waals surface area (Å²) in [5, 5.41) is 18.4. The van der Waals surface area contributed by atoms with E-state index in [1.54, 1.807) is 0 Å². The molecule has 11 aromatic carbocycles. The van der Waals surface area contributed by atoms with Crippen molar-refractivity contribution in [3.05, 3.63) is 259 Å². The number of hydrogen-bond donors (Lipinski definition) is 0. The van der Waals surface area contributed by atoms with Crippen LogP contribution in [-0.4, -0.2) is 0 Å². The van der Waals surface area contributed by atoms with E-state index >= 15 is 0 Å². The van der Waals surface area contributed by atoms with Gasteiger partial charge in [0.15, 0.2) is 0 Å². The lowest BCUT2D eigenvalue weighted by Gasteiger charge is -2.17. The van der Waals surface area contributed by atoms with E-state index in [2.05, 4.69) is 220 Å². The number of benzene rings is 11. The van der Waals surface area contributed by atoms with Crippen LogP contribution in [0.15, 0.2) is 206 Å². The smallest absolute Gasteiger partial charge is 0.000740 e. The van der Waals surface area contributed by atoms with Gasteiger partial charge in [-0.3, -0.25) is 0 Å². The van der Waals surface area contributed by atoms with Crippen molar-refractivity contribution < 1.29 is 0 Å². The molecule has 288 valence electrons. The summed E-state index contributed by atoms with van der Waals surface area (Å²) in [6.07, 6.45) is 0. The average Bonchev–Trinajstić information content (AvgIpc) is 3.83. The molecule has 0 amide bonds. The van der Waals surface area contributed by atoms with Crippen LogP contribution in [0, 0.1) is 55.6 Å². The van der Waals surface area contributed by atoms with Crippen molar-refractivity contribution >= 4 is 32.3 Å². The maximum Gasteiger partial charge on any atom is -0.000740 e. The van der Waals surface area contributed by atoms with Crippen LogP contribution in [0.1, 0.15) is 11.1 Å². The highest BCUT2D eigenvalue weighted by Gasteiger charge is 2.24. The van der Waals surface area contributed by atoms with Crippen LogP contribution in [0.5, 0.6) is 0 Å². The SMILES string of the molecule is Cc1cccc(C)c1-c1ccc2c(-c3ccccc3)c3c(c(-c4ccccc4)c2c1)=c1ccc2c4c(ccc=3c14)=c1c(-c3ccccc3)c3ccccc3c(-c3ccccc3)c1=2. The van der Waals surface area contributed by atoms with Crippen LogP contribution in [0.4, 0.5) is 0 Å². The van der Waals surface area contributed by atoms with Crippen LogP contribution in [0.25, 0.3) is 88.0 Å². The molecule has 0 aliphatic heterocycles. The molecule has 0 fully saturated rings. The van der Waals surface area contributed by atoms with Crippen LogP contribution in [0.3, 0.4) is 0 Å². The Morgan fingerprint density at radius 3 is 0.919 bits per heavy atom. The van der Waals surface area contributed by atoms with Gasteiger partial charge < -0.3 is 0 Å². The minimum Gasteiger partial charge on any atom is -0.0622 e. The number of aryl methyl sites for hydroxylation is 2. The fourth-order valence-electron chi connectivity index (χ4n) is 11.4. The third-order valence-corrected chi connectivity index (χ3v) is 13.8. The summed E-state index contributed by atoms with van der Waals surface area (Å²) < 4.78 is 0. The summed E-state index contributed by atoms with van der Waals surface area (Å²) in [6.45, 7) is 4.48. The van der Waals surface area contributed by atoms with Gasteiger partial charge in [-0.05, 0) is 161 Å². The molecule has 0 N–H and O–H groups in total. The van der Waals surface area contributed by atoms with Crippen molar-refractivity contribution in [2.24, 2.45) is 0 Å². The molecule has 2 aliphatic carbocycles. The molecule has 0 heterocycles. The highest BCUT2D eigenvalue weighted by atomic mass is 14.3. The van der Waals surface area contributed by atoms with E-state index in [0.29, 0.717) is 0 Å². The predicted octanol–water partition coefficient (Wildman–Crippen LogP) is 15.9.